The summed E-state index contributed by atoms with van der Waals surface area (Å²) in [4.78, 5) is 0. The fourth-order valence-electron chi connectivity index (χ4n) is 4.74. The minimum atomic E-state index is -0.339. The fourth-order valence-corrected chi connectivity index (χ4v) is 4.74. The van der Waals surface area contributed by atoms with E-state index in [2.05, 4.69) is 22.3 Å². The minimum absolute atomic E-state index is 0.0579. The average molecular weight is 455 g/mol. The number of nitrogens with two attached hydrogens (primary N) is 1. The lowest BCUT2D eigenvalue weighted by molar-refractivity contribution is 0.0824. The van der Waals surface area contributed by atoms with Crippen molar-refractivity contribution in [3.05, 3.63) is 35.7 Å². The summed E-state index contributed by atoms with van der Waals surface area (Å²) in [6.45, 7) is 5.91. The number of ether oxygens (including phenoxy) is 1. The number of benzene rings is 1. The monoisotopic (exact) mass is 454 g/mol. The highest BCUT2D eigenvalue weighted by Gasteiger charge is 2.25. The molecule has 1 aliphatic carbocycles. The minimum Gasteiger partial charge on any atom is -0.420 e. The van der Waals surface area contributed by atoms with Crippen LogP contribution in [0.5, 0.6) is 0 Å². The van der Waals surface area contributed by atoms with Crippen molar-refractivity contribution in [3.63, 3.8) is 0 Å². The lowest BCUT2D eigenvalue weighted by Gasteiger charge is -2.21. The van der Waals surface area contributed by atoms with Gasteiger partial charge < -0.3 is 14.9 Å². The highest BCUT2D eigenvalue weighted by atomic mass is 16.5. The molecule has 182 valence electrons. The van der Waals surface area contributed by atoms with Gasteiger partial charge in [-0.05, 0) is 61.6 Å². The first kappa shape index (κ1) is 25.4. The smallest absolute Gasteiger partial charge is 0.247 e. The van der Waals surface area contributed by atoms with Crippen molar-refractivity contribution < 1.29 is 9.15 Å². The zero-order valence-electron chi connectivity index (χ0n) is 20.5. The maximum Gasteiger partial charge on any atom is 0.247 e. The van der Waals surface area contributed by atoms with Gasteiger partial charge in [0.25, 0.3) is 0 Å². The summed E-state index contributed by atoms with van der Waals surface area (Å²) < 4.78 is 11.7. The predicted molar refractivity (Wildman–Crippen MR) is 133 cm³/mol. The third kappa shape index (κ3) is 8.26. The van der Waals surface area contributed by atoms with Crippen LogP contribution in [-0.2, 0) is 11.2 Å². The molecule has 6 heteroatoms. The Morgan fingerprint density at radius 1 is 1.03 bits per heavy atom. The van der Waals surface area contributed by atoms with Gasteiger partial charge in [-0.1, -0.05) is 64.5 Å². The van der Waals surface area contributed by atoms with Gasteiger partial charge in [-0.2, -0.15) is 0 Å². The van der Waals surface area contributed by atoms with E-state index in [1.807, 2.05) is 26.0 Å². The SMILES string of the molecule is CC(C)C(C(=N)N)c1nnc(-c2ccc(CCCCCCCOCC3CCCCC3)cc2)o1. The van der Waals surface area contributed by atoms with E-state index in [4.69, 9.17) is 20.3 Å². The second-order valence-corrected chi connectivity index (χ2v) is 9.92. The molecule has 0 aliphatic heterocycles. The van der Waals surface area contributed by atoms with Crippen LogP contribution in [0.1, 0.15) is 95.4 Å². The summed E-state index contributed by atoms with van der Waals surface area (Å²) in [5.41, 5.74) is 7.94. The van der Waals surface area contributed by atoms with Crippen molar-refractivity contribution in [2.24, 2.45) is 17.6 Å². The number of hydrogen-bond acceptors (Lipinski definition) is 5. The molecule has 1 aromatic heterocycles. The number of nitrogens with zero attached hydrogens (tertiary/aromatic N) is 2. The highest BCUT2D eigenvalue weighted by molar-refractivity contribution is 5.83. The molecule has 33 heavy (non-hydrogen) atoms. The molecule has 1 heterocycles. The van der Waals surface area contributed by atoms with Crippen molar-refractivity contribution in [2.45, 2.75) is 90.4 Å². The fraction of sp³-hybridized carbons (Fsp3) is 0.667. The molecule has 0 bridgehead atoms. The van der Waals surface area contributed by atoms with Gasteiger partial charge in [0.1, 0.15) is 5.84 Å². The van der Waals surface area contributed by atoms with E-state index < -0.39 is 0 Å². The molecule has 6 nitrogen and oxygen atoms in total. The van der Waals surface area contributed by atoms with Crippen molar-refractivity contribution >= 4 is 5.84 Å². The molecule has 2 aromatic rings. The molecule has 1 aromatic carbocycles. The molecule has 0 spiro atoms. The Labute approximate surface area is 199 Å². The molecule has 0 amide bonds. The summed E-state index contributed by atoms with van der Waals surface area (Å²) >= 11 is 0. The molecule has 1 unspecified atom stereocenters. The van der Waals surface area contributed by atoms with E-state index in [-0.39, 0.29) is 17.7 Å². The molecule has 3 N–H and O–H groups in total. The maximum atomic E-state index is 7.78. The van der Waals surface area contributed by atoms with Crippen LogP contribution in [-0.4, -0.2) is 29.2 Å². The summed E-state index contributed by atoms with van der Waals surface area (Å²) in [7, 11) is 0. The van der Waals surface area contributed by atoms with Gasteiger partial charge in [0.05, 0.1) is 5.92 Å². The van der Waals surface area contributed by atoms with Gasteiger partial charge >= 0.3 is 0 Å². The molecule has 1 saturated carbocycles. The number of rotatable bonds is 14. The molecule has 1 fully saturated rings. The quantitative estimate of drug-likeness (QED) is 0.193. The molecule has 0 saturated heterocycles. The number of nitrogens with one attached hydrogen (secondary N) is 1. The summed E-state index contributed by atoms with van der Waals surface area (Å²) in [6.07, 6.45) is 14.3. The van der Waals surface area contributed by atoms with E-state index in [1.54, 1.807) is 0 Å². The summed E-state index contributed by atoms with van der Waals surface area (Å²) in [6, 6.07) is 8.36. The number of aryl methyl sites for hydroxylation is 1. The number of hydrogen-bond donors (Lipinski definition) is 2. The Bertz CT molecular complexity index is 825. The molecular weight excluding hydrogens is 412 g/mol. The lowest BCUT2D eigenvalue weighted by Crippen LogP contribution is -2.25. The van der Waals surface area contributed by atoms with Crippen molar-refractivity contribution in [2.75, 3.05) is 13.2 Å². The largest absolute Gasteiger partial charge is 0.420 e. The first-order valence-electron chi connectivity index (χ1n) is 12.9. The lowest BCUT2D eigenvalue weighted by atomic mass is 9.90. The Kier molecular flexibility index (Phi) is 10.4. The van der Waals surface area contributed by atoms with Gasteiger partial charge in [-0.15, -0.1) is 10.2 Å². The highest BCUT2D eigenvalue weighted by Crippen LogP contribution is 2.27. The van der Waals surface area contributed by atoms with E-state index in [9.17, 15) is 0 Å². The molecule has 1 aliphatic rings. The Morgan fingerprint density at radius 3 is 2.42 bits per heavy atom. The maximum absolute atomic E-state index is 7.78. The molecule has 1 atom stereocenters. The third-order valence-electron chi connectivity index (χ3n) is 6.74. The predicted octanol–water partition coefficient (Wildman–Crippen LogP) is 6.50. The van der Waals surface area contributed by atoms with Crippen LogP contribution in [0, 0.1) is 17.2 Å². The van der Waals surface area contributed by atoms with Crippen LogP contribution >= 0.6 is 0 Å². The van der Waals surface area contributed by atoms with E-state index in [1.165, 1.54) is 69.8 Å². The summed E-state index contributed by atoms with van der Waals surface area (Å²) in [5.74, 6) is 1.57. The molecule has 3 rings (SSSR count). The second-order valence-electron chi connectivity index (χ2n) is 9.92. The van der Waals surface area contributed by atoms with Crippen LogP contribution in [0.15, 0.2) is 28.7 Å². The topological polar surface area (TPSA) is 98.0 Å². The first-order chi connectivity index (χ1) is 16.0. The Morgan fingerprint density at radius 2 is 1.73 bits per heavy atom. The van der Waals surface area contributed by atoms with Crippen molar-refractivity contribution in [3.8, 4) is 11.5 Å². The zero-order chi connectivity index (χ0) is 23.5. The van der Waals surface area contributed by atoms with E-state index >= 15 is 0 Å². The second kappa shape index (κ2) is 13.5. The first-order valence-corrected chi connectivity index (χ1v) is 12.9. The standard InChI is InChI=1S/C27H42N4O2/c1-20(2)24(25(28)29)27-31-30-26(33-27)23-16-14-21(15-17-23)11-7-4-3-5-10-18-32-19-22-12-8-6-9-13-22/h14-17,20,22,24H,3-13,18-19H2,1-2H3,(H3,28,29). The number of aromatic nitrogens is 2. The van der Waals surface area contributed by atoms with Gasteiger partial charge in [0.2, 0.25) is 11.8 Å². The average Bonchev–Trinajstić information content (AvgIpc) is 3.28. The van der Waals surface area contributed by atoms with Crippen molar-refractivity contribution in [1.29, 1.82) is 5.41 Å². The van der Waals surface area contributed by atoms with Crippen LogP contribution in [0.4, 0.5) is 0 Å². The van der Waals surface area contributed by atoms with E-state index in [0.29, 0.717) is 11.8 Å². The Hall–Kier alpha value is -2.21. The molecular formula is C27H42N4O2. The number of unbranched alkanes of at least 4 members (excludes halogenated alkanes) is 4. The van der Waals surface area contributed by atoms with Gasteiger partial charge in [-0.3, -0.25) is 5.41 Å². The number of amidine groups is 1. The van der Waals surface area contributed by atoms with Crippen LogP contribution in [0.25, 0.3) is 11.5 Å². The van der Waals surface area contributed by atoms with Crippen LogP contribution < -0.4 is 5.73 Å². The van der Waals surface area contributed by atoms with Crippen LogP contribution in [0.3, 0.4) is 0 Å². The normalized spacial score (nSPS) is 15.7. The van der Waals surface area contributed by atoms with E-state index in [0.717, 1.165) is 31.1 Å². The molecule has 0 radical (unpaired) electrons. The van der Waals surface area contributed by atoms with Gasteiger partial charge in [0, 0.05) is 18.8 Å². The van der Waals surface area contributed by atoms with Gasteiger partial charge in [-0.25, -0.2) is 0 Å². The van der Waals surface area contributed by atoms with Crippen molar-refractivity contribution in [1.82, 2.24) is 10.2 Å². The zero-order valence-corrected chi connectivity index (χ0v) is 20.5. The Balaban J connectivity index is 1.30. The van der Waals surface area contributed by atoms with Gasteiger partial charge in [0.15, 0.2) is 0 Å². The summed E-state index contributed by atoms with van der Waals surface area (Å²) in [5, 5.41) is 16.1. The van der Waals surface area contributed by atoms with Crippen LogP contribution in [0.2, 0.25) is 0 Å². The third-order valence-corrected chi connectivity index (χ3v) is 6.74.